The molecule has 144 valence electrons. The minimum atomic E-state index is -0.368. The Hall–Kier alpha value is -3.47. The van der Waals surface area contributed by atoms with Crippen LogP contribution in [0.4, 0.5) is 23.1 Å². The van der Waals surface area contributed by atoms with E-state index in [-0.39, 0.29) is 11.6 Å². The van der Waals surface area contributed by atoms with Crippen molar-refractivity contribution in [3.8, 4) is 5.88 Å². The van der Waals surface area contributed by atoms with Gasteiger partial charge in [0.1, 0.15) is 5.82 Å². The summed E-state index contributed by atoms with van der Waals surface area (Å²) in [6.07, 6.45) is 3.62. The van der Waals surface area contributed by atoms with Crippen LogP contribution in [0.2, 0.25) is 0 Å². The van der Waals surface area contributed by atoms with E-state index >= 15 is 0 Å². The Morgan fingerprint density at radius 1 is 1.07 bits per heavy atom. The quantitative estimate of drug-likeness (QED) is 0.510. The van der Waals surface area contributed by atoms with Gasteiger partial charge in [-0.2, -0.15) is 0 Å². The molecule has 0 spiro atoms. The summed E-state index contributed by atoms with van der Waals surface area (Å²) in [6, 6.07) is 8.79. The Balaban J connectivity index is 1.93. The second kappa shape index (κ2) is 8.95. The van der Waals surface area contributed by atoms with Crippen molar-refractivity contribution in [3.63, 3.8) is 0 Å². The third-order valence-corrected chi connectivity index (χ3v) is 4.35. The van der Waals surface area contributed by atoms with Crippen LogP contribution >= 0.6 is 11.8 Å². The molecule has 3 N–H and O–H groups in total. The van der Waals surface area contributed by atoms with Crippen molar-refractivity contribution in [2.24, 2.45) is 0 Å². The number of hydrogen-bond donors (Lipinski definition) is 3. The lowest BCUT2D eigenvalue weighted by Crippen LogP contribution is -2.21. The fourth-order valence-electron chi connectivity index (χ4n) is 2.24. The lowest BCUT2D eigenvalue weighted by atomic mass is 10.3. The van der Waals surface area contributed by atoms with Crippen LogP contribution in [0.1, 0.15) is 10.5 Å². The van der Waals surface area contributed by atoms with Crippen molar-refractivity contribution < 1.29 is 9.53 Å². The summed E-state index contributed by atoms with van der Waals surface area (Å²) in [5.41, 5.74) is 0.596. The van der Waals surface area contributed by atoms with Gasteiger partial charge in [0, 0.05) is 30.3 Å². The average Bonchev–Trinajstić information content (AvgIpc) is 2.74. The van der Waals surface area contributed by atoms with Gasteiger partial charge in [-0.1, -0.05) is 0 Å². The van der Waals surface area contributed by atoms with Gasteiger partial charge in [-0.3, -0.25) is 4.79 Å². The fourth-order valence-corrected chi connectivity index (χ4v) is 2.75. The molecule has 3 aromatic heterocycles. The highest BCUT2D eigenvalue weighted by Crippen LogP contribution is 2.28. The zero-order valence-corrected chi connectivity index (χ0v) is 16.2. The SMILES string of the molecule is CNC(=O)c1nnc(Nc2ccc(OC)nn2)cc1Nc1ncccc1SC. The molecule has 3 rings (SSSR count). The van der Waals surface area contributed by atoms with Crippen LogP contribution < -0.4 is 20.7 Å². The molecule has 28 heavy (non-hydrogen) atoms. The molecule has 0 aliphatic rings. The van der Waals surface area contributed by atoms with Crippen molar-refractivity contribution in [1.82, 2.24) is 30.7 Å². The van der Waals surface area contributed by atoms with Crippen LogP contribution in [-0.2, 0) is 0 Å². The normalized spacial score (nSPS) is 10.2. The predicted molar refractivity (Wildman–Crippen MR) is 107 cm³/mol. The summed E-state index contributed by atoms with van der Waals surface area (Å²) in [4.78, 5) is 17.4. The van der Waals surface area contributed by atoms with Gasteiger partial charge in [0.25, 0.3) is 5.91 Å². The summed E-state index contributed by atoms with van der Waals surface area (Å²) >= 11 is 1.54. The van der Waals surface area contributed by atoms with Crippen LogP contribution in [0.15, 0.2) is 41.4 Å². The van der Waals surface area contributed by atoms with E-state index in [9.17, 15) is 4.79 Å². The van der Waals surface area contributed by atoms with E-state index in [2.05, 4.69) is 41.3 Å². The summed E-state index contributed by atoms with van der Waals surface area (Å²) < 4.78 is 4.99. The van der Waals surface area contributed by atoms with Crippen molar-refractivity contribution in [2.75, 3.05) is 31.0 Å². The van der Waals surface area contributed by atoms with Gasteiger partial charge in [-0.15, -0.1) is 32.2 Å². The van der Waals surface area contributed by atoms with Crippen LogP contribution in [0, 0.1) is 0 Å². The molecule has 3 aromatic rings. The number of carbonyl (C=O) groups excluding carboxylic acids is 1. The number of nitrogens with zero attached hydrogens (tertiary/aromatic N) is 5. The smallest absolute Gasteiger partial charge is 0.273 e. The van der Waals surface area contributed by atoms with Crippen molar-refractivity contribution in [3.05, 3.63) is 42.2 Å². The molecule has 0 bridgehead atoms. The summed E-state index contributed by atoms with van der Waals surface area (Å²) in [5.74, 6) is 1.48. The van der Waals surface area contributed by atoms with E-state index in [4.69, 9.17) is 4.74 Å². The van der Waals surface area contributed by atoms with Crippen LogP contribution in [-0.4, -0.2) is 51.7 Å². The molecule has 0 saturated carbocycles. The minimum Gasteiger partial charge on any atom is -0.480 e. The van der Waals surface area contributed by atoms with E-state index < -0.39 is 0 Å². The number of nitrogens with one attached hydrogen (secondary N) is 3. The number of thioether (sulfide) groups is 1. The Bertz CT molecular complexity index is 968. The molecule has 1 amide bonds. The molecule has 0 aliphatic carbocycles. The monoisotopic (exact) mass is 398 g/mol. The van der Waals surface area contributed by atoms with Crippen LogP contribution in [0.5, 0.6) is 5.88 Å². The maximum absolute atomic E-state index is 12.2. The van der Waals surface area contributed by atoms with E-state index in [0.717, 1.165) is 4.90 Å². The number of hydrogen-bond acceptors (Lipinski definition) is 10. The Labute approximate surface area is 165 Å². The molecule has 0 unspecified atom stereocenters. The number of ether oxygens (including phenoxy) is 1. The molecule has 10 nitrogen and oxygen atoms in total. The third kappa shape index (κ3) is 4.43. The molecule has 0 saturated heterocycles. The van der Waals surface area contributed by atoms with Crippen molar-refractivity contribution in [2.45, 2.75) is 4.90 Å². The molecule has 3 heterocycles. The first-order valence-corrected chi connectivity index (χ1v) is 9.37. The number of carbonyl (C=O) groups is 1. The van der Waals surface area contributed by atoms with Crippen LogP contribution in [0.25, 0.3) is 0 Å². The van der Waals surface area contributed by atoms with Crippen molar-refractivity contribution >= 4 is 40.8 Å². The minimum absolute atomic E-state index is 0.145. The predicted octanol–water partition coefficient (Wildman–Crippen LogP) is 2.24. The van der Waals surface area contributed by atoms with Gasteiger partial charge < -0.3 is 20.7 Å². The number of anilines is 4. The number of aromatic nitrogens is 5. The van der Waals surface area contributed by atoms with E-state index in [1.54, 1.807) is 24.4 Å². The Kier molecular flexibility index (Phi) is 6.17. The topological polar surface area (TPSA) is 127 Å². The van der Waals surface area contributed by atoms with Gasteiger partial charge in [0.05, 0.1) is 12.8 Å². The Morgan fingerprint density at radius 2 is 1.89 bits per heavy atom. The highest BCUT2D eigenvalue weighted by molar-refractivity contribution is 7.98. The molecular weight excluding hydrogens is 380 g/mol. The molecule has 0 radical (unpaired) electrons. The molecule has 0 aromatic carbocycles. The first kappa shape index (κ1) is 19.3. The van der Waals surface area contributed by atoms with E-state index in [1.165, 1.54) is 25.9 Å². The summed E-state index contributed by atoms with van der Waals surface area (Å²) in [5, 5.41) is 24.7. The molecule has 0 aliphatic heterocycles. The summed E-state index contributed by atoms with van der Waals surface area (Å²) in [6.45, 7) is 0. The molecule has 0 fully saturated rings. The summed E-state index contributed by atoms with van der Waals surface area (Å²) in [7, 11) is 3.04. The first-order chi connectivity index (χ1) is 13.6. The van der Waals surface area contributed by atoms with Gasteiger partial charge in [0.2, 0.25) is 5.88 Å². The zero-order valence-electron chi connectivity index (χ0n) is 15.4. The zero-order chi connectivity index (χ0) is 19.9. The largest absolute Gasteiger partial charge is 0.480 e. The highest BCUT2D eigenvalue weighted by Gasteiger charge is 2.16. The van der Waals surface area contributed by atoms with Gasteiger partial charge in [-0.05, 0) is 24.5 Å². The highest BCUT2D eigenvalue weighted by atomic mass is 32.2. The Morgan fingerprint density at radius 3 is 2.57 bits per heavy atom. The standard InChI is InChI=1S/C17H18N8O2S/c1-18-17(26)15-10(20-16-11(28-3)5-4-8-19-16)9-13(23-25-15)21-12-6-7-14(27-2)24-22-12/h4-9H,1-3H3,(H,18,26)(H2,19,20,21,22,23). The second-order valence-corrected chi connectivity index (χ2v) is 6.18. The van der Waals surface area contributed by atoms with Crippen LogP contribution in [0.3, 0.4) is 0 Å². The molecular formula is C17H18N8O2S. The van der Waals surface area contributed by atoms with Gasteiger partial charge >= 0.3 is 0 Å². The van der Waals surface area contributed by atoms with Gasteiger partial charge in [0.15, 0.2) is 17.3 Å². The first-order valence-electron chi connectivity index (χ1n) is 8.15. The number of pyridine rings is 1. The molecule has 11 heteroatoms. The third-order valence-electron chi connectivity index (χ3n) is 3.59. The average molecular weight is 398 g/mol. The maximum atomic E-state index is 12.2. The van der Waals surface area contributed by atoms with E-state index in [1.807, 2.05) is 18.4 Å². The lowest BCUT2D eigenvalue weighted by molar-refractivity contribution is 0.0958. The van der Waals surface area contributed by atoms with E-state index in [0.29, 0.717) is 29.0 Å². The van der Waals surface area contributed by atoms with Crippen molar-refractivity contribution in [1.29, 1.82) is 0 Å². The lowest BCUT2D eigenvalue weighted by Gasteiger charge is -2.13. The number of amides is 1. The fraction of sp³-hybridized carbons (Fsp3) is 0.176. The second-order valence-electron chi connectivity index (χ2n) is 5.34. The molecule has 0 atom stereocenters. The number of methoxy groups -OCH3 is 1. The maximum Gasteiger partial charge on any atom is 0.273 e. The van der Waals surface area contributed by atoms with Gasteiger partial charge in [-0.25, -0.2) is 4.98 Å². The number of rotatable bonds is 7.